The van der Waals surface area contributed by atoms with Crippen molar-refractivity contribution >= 4 is 0 Å². The third-order valence-electron chi connectivity index (χ3n) is 4.40. The second-order valence-electron chi connectivity index (χ2n) is 6.99. The maximum Gasteiger partial charge on any atom is 0.0490 e. The molecule has 100 valence electrons. The van der Waals surface area contributed by atoms with Crippen LogP contribution in [-0.4, -0.2) is 11.7 Å². The normalized spacial score (nSPS) is 19.1. The van der Waals surface area contributed by atoms with Gasteiger partial charge in [-0.25, -0.2) is 0 Å². The van der Waals surface area contributed by atoms with Gasteiger partial charge in [0.1, 0.15) is 0 Å². The summed E-state index contributed by atoms with van der Waals surface area (Å²) in [5.74, 6) is 0. The van der Waals surface area contributed by atoms with Crippen LogP contribution in [-0.2, 0) is 11.8 Å². The molecule has 0 spiro atoms. The molecule has 0 saturated heterocycles. The summed E-state index contributed by atoms with van der Waals surface area (Å²) in [5.41, 5.74) is 3.15. The van der Waals surface area contributed by atoms with Gasteiger partial charge in [-0.15, -0.1) is 0 Å². The van der Waals surface area contributed by atoms with E-state index in [0.717, 1.165) is 6.42 Å². The van der Waals surface area contributed by atoms with E-state index in [2.05, 4.69) is 45.0 Å². The van der Waals surface area contributed by atoms with E-state index in [1.807, 2.05) is 0 Å². The molecule has 0 heterocycles. The van der Waals surface area contributed by atoms with Gasteiger partial charge in [0.05, 0.1) is 0 Å². The smallest absolute Gasteiger partial charge is 0.0490 e. The fourth-order valence-corrected chi connectivity index (χ4v) is 3.07. The Bertz CT molecular complexity index is 377. The van der Waals surface area contributed by atoms with Crippen LogP contribution in [0, 0.1) is 5.41 Å². The van der Waals surface area contributed by atoms with Crippen molar-refractivity contribution in [1.82, 2.24) is 0 Å². The van der Waals surface area contributed by atoms with Crippen molar-refractivity contribution in [1.29, 1.82) is 0 Å². The molecule has 1 nitrogen and oxygen atoms in total. The molecule has 1 heteroatoms. The third kappa shape index (κ3) is 2.95. The molecule has 0 amide bonds. The van der Waals surface area contributed by atoms with E-state index in [1.54, 1.807) is 0 Å². The highest BCUT2D eigenvalue weighted by molar-refractivity contribution is 5.28. The topological polar surface area (TPSA) is 20.2 Å². The minimum atomic E-state index is 0.170. The average Bonchev–Trinajstić information content (AvgIpc) is 2.78. The minimum absolute atomic E-state index is 0.170. The zero-order chi connectivity index (χ0) is 13.2. The van der Waals surface area contributed by atoms with Gasteiger partial charge in [-0.2, -0.15) is 0 Å². The third-order valence-corrected chi connectivity index (χ3v) is 4.40. The number of benzene rings is 1. The van der Waals surface area contributed by atoms with Crippen molar-refractivity contribution in [2.75, 3.05) is 6.61 Å². The Hall–Kier alpha value is -0.820. The zero-order valence-electron chi connectivity index (χ0n) is 12.0. The standard InChI is InChI=1S/C17H26O/c1-16(2,3)15-8-6-14(7-9-15)12-17(13-18)10-4-5-11-17/h6-9,18H,4-5,10-13H2,1-3H3. The molecular weight excluding hydrogens is 220 g/mol. The molecular formula is C17H26O. The predicted molar refractivity (Wildman–Crippen MR) is 76.8 cm³/mol. The Morgan fingerprint density at radius 1 is 1.06 bits per heavy atom. The Morgan fingerprint density at radius 3 is 2.06 bits per heavy atom. The highest BCUT2D eigenvalue weighted by atomic mass is 16.3. The first-order valence-electron chi connectivity index (χ1n) is 7.16. The van der Waals surface area contributed by atoms with Gasteiger partial charge in [-0.1, -0.05) is 57.9 Å². The van der Waals surface area contributed by atoms with E-state index in [4.69, 9.17) is 0 Å². The monoisotopic (exact) mass is 246 g/mol. The molecule has 0 aromatic heterocycles. The lowest BCUT2D eigenvalue weighted by atomic mass is 9.80. The van der Waals surface area contributed by atoms with E-state index in [9.17, 15) is 5.11 Å². The van der Waals surface area contributed by atoms with Gasteiger partial charge in [0.25, 0.3) is 0 Å². The van der Waals surface area contributed by atoms with Crippen LogP contribution in [0.1, 0.15) is 57.6 Å². The van der Waals surface area contributed by atoms with Crippen molar-refractivity contribution in [3.8, 4) is 0 Å². The molecule has 1 aliphatic rings. The van der Waals surface area contributed by atoms with E-state index in [0.29, 0.717) is 6.61 Å². The summed E-state index contributed by atoms with van der Waals surface area (Å²) in [6.07, 6.45) is 5.96. The van der Waals surface area contributed by atoms with Crippen LogP contribution in [0.5, 0.6) is 0 Å². The van der Waals surface area contributed by atoms with Gasteiger partial charge in [0.15, 0.2) is 0 Å². The molecule has 1 N–H and O–H groups in total. The van der Waals surface area contributed by atoms with Crippen molar-refractivity contribution < 1.29 is 5.11 Å². The van der Waals surface area contributed by atoms with Crippen LogP contribution in [0.25, 0.3) is 0 Å². The quantitative estimate of drug-likeness (QED) is 0.852. The number of rotatable bonds is 3. The predicted octanol–water partition coefficient (Wildman–Crippen LogP) is 4.08. The minimum Gasteiger partial charge on any atom is -0.396 e. The molecule has 1 aliphatic carbocycles. The van der Waals surface area contributed by atoms with Crippen LogP contribution < -0.4 is 0 Å². The van der Waals surface area contributed by atoms with Gasteiger partial charge < -0.3 is 5.11 Å². The Kier molecular flexibility index (Phi) is 3.82. The molecule has 1 aromatic carbocycles. The van der Waals surface area contributed by atoms with Crippen LogP contribution in [0.3, 0.4) is 0 Å². The Balaban J connectivity index is 2.11. The highest BCUT2D eigenvalue weighted by Gasteiger charge is 2.33. The highest BCUT2D eigenvalue weighted by Crippen LogP contribution is 2.40. The van der Waals surface area contributed by atoms with Crippen molar-refractivity contribution in [2.45, 2.75) is 58.3 Å². The Labute approximate surface area is 111 Å². The van der Waals surface area contributed by atoms with Crippen LogP contribution in [0.2, 0.25) is 0 Å². The summed E-state index contributed by atoms with van der Waals surface area (Å²) in [7, 11) is 0. The average molecular weight is 246 g/mol. The van der Waals surface area contributed by atoms with Gasteiger partial charge >= 0.3 is 0 Å². The van der Waals surface area contributed by atoms with Crippen LogP contribution >= 0.6 is 0 Å². The first-order chi connectivity index (χ1) is 8.45. The number of hydrogen-bond acceptors (Lipinski definition) is 1. The van der Waals surface area contributed by atoms with E-state index in [1.165, 1.54) is 36.8 Å². The summed E-state index contributed by atoms with van der Waals surface area (Å²) in [5, 5.41) is 9.66. The van der Waals surface area contributed by atoms with Crippen molar-refractivity contribution in [3.05, 3.63) is 35.4 Å². The summed E-state index contributed by atoms with van der Waals surface area (Å²) in [6.45, 7) is 7.07. The largest absolute Gasteiger partial charge is 0.396 e. The molecule has 0 aliphatic heterocycles. The number of aliphatic hydroxyl groups is 1. The van der Waals surface area contributed by atoms with Gasteiger partial charge in [-0.3, -0.25) is 0 Å². The van der Waals surface area contributed by atoms with Crippen molar-refractivity contribution in [3.63, 3.8) is 0 Å². The summed E-state index contributed by atoms with van der Waals surface area (Å²) >= 11 is 0. The van der Waals surface area contributed by atoms with Gasteiger partial charge in [0, 0.05) is 6.61 Å². The SMILES string of the molecule is CC(C)(C)c1ccc(CC2(CO)CCCC2)cc1. The lowest BCUT2D eigenvalue weighted by molar-refractivity contribution is 0.130. The molecule has 0 bridgehead atoms. The molecule has 18 heavy (non-hydrogen) atoms. The second kappa shape index (κ2) is 5.05. The summed E-state index contributed by atoms with van der Waals surface area (Å²) in [4.78, 5) is 0. The Morgan fingerprint density at radius 2 is 1.61 bits per heavy atom. The van der Waals surface area contributed by atoms with Crippen molar-refractivity contribution in [2.24, 2.45) is 5.41 Å². The van der Waals surface area contributed by atoms with Gasteiger partial charge in [-0.05, 0) is 41.2 Å². The summed E-state index contributed by atoms with van der Waals surface area (Å²) < 4.78 is 0. The molecule has 0 atom stereocenters. The van der Waals surface area contributed by atoms with E-state index < -0.39 is 0 Å². The molecule has 0 unspecified atom stereocenters. The molecule has 1 aromatic rings. The molecule has 1 fully saturated rings. The fraction of sp³-hybridized carbons (Fsp3) is 0.647. The number of hydrogen-bond donors (Lipinski definition) is 1. The zero-order valence-corrected chi connectivity index (χ0v) is 12.0. The van der Waals surface area contributed by atoms with Gasteiger partial charge in [0.2, 0.25) is 0 Å². The maximum absolute atomic E-state index is 9.66. The second-order valence-corrected chi connectivity index (χ2v) is 6.99. The maximum atomic E-state index is 9.66. The van der Waals surface area contributed by atoms with E-state index >= 15 is 0 Å². The first kappa shape index (κ1) is 13.6. The molecule has 1 saturated carbocycles. The van der Waals surface area contributed by atoms with E-state index in [-0.39, 0.29) is 10.8 Å². The number of aliphatic hydroxyl groups excluding tert-OH is 1. The van der Waals surface area contributed by atoms with Crippen LogP contribution in [0.4, 0.5) is 0 Å². The van der Waals surface area contributed by atoms with Crippen LogP contribution in [0.15, 0.2) is 24.3 Å². The molecule has 0 radical (unpaired) electrons. The lowest BCUT2D eigenvalue weighted by Gasteiger charge is -2.27. The lowest BCUT2D eigenvalue weighted by Crippen LogP contribution is -2.24. The molecule has 2 rings (SSSR count). The summed E-state index contributed by atoms with van der Waals surface area (Å²) in [6, 6.07) is 8.98. The first-order valence-corrected chi connectivity index (χ1v) is 7.16. The fourth-order valence-electron chi connectivity index (χ4n) is 3.07.